The molecule has 0 bridgehead atoms. The molecule has 3 rings (SSSR count). The monoisotopic (exact) mass is 360 g/mol. The van der Waals surface area contributed by atoms with Crippen LogP contribution in [-0.4, -0.2) is 50.0 Å². The van der Waals surface area contributed by atoms with Crippen LogP contribution < -0.4 is 5.32 Å². The van der Waals surface area contributed by atoms with Crippen LogP contribution in [0.2, 0.25) is 0 Å². The lowest BCUT2D eigenvalue weighted by molar-refractivity contribution is -0.124. The summed E-state index contributed by atoms with van der Waals surface area (Å²) < 4.78 is 16.1. The highest BCUT2D eigenvalue weighted by molar-refractivity contribution is 5.91. The van der Waals surface area contributed by atoms with E-state index in [1.807, 2.05) is 13.8 Å². The van der Waals surface area contributed by atoms with Gasteiger partial charge in [0.15, 0.2) is 5.82 Å². The van der Waals surface area contributed by atoms with Crippen molar-refractivity contribution in [2.75, 3.05) is 18.4 Å². The zero-order chi connectivity index (χ0) is 18.8. The summed E-state index contributed by atoms with van der Waals surface area (Å²) in [6, 6.07) is 4.03. The van der Waals surface area contributed by atoms with Crippen LogP contribution in [-0.2, 0) is 4.79 Å². The molecule has 1 aliphatic heterocycles. The Kier molecular flexibility index (Phi) is 4.97. The second kappa shape index (κ2) is 7.19. The number of benzene rings is 1. The van der Waals surface area contributed by atoms with Crippen LogP contribution in [0, 0.1) is 11.7 Å². The number of nitrogens with one attached hydrogen (secondary N) is 1. The summed E-state index contributed by atoms with van der Waals surface area (Å²) in [5.41, 5.74) is 0.600. The van der Waals surface area contributed by atoms with Crippen molar-refractivity contribution < 1.29 is 14.0 Å². The fourth-order valence-corrected chi connectivity index (χ4v) is 2.90. The third-order valence-corrected chi connectivity index (χ3v) is 4.40. The maximum Gasteiger partial charge on any atom is 0.321 e. The van der Waals surface area contributed by atoms with Crippen LogP contribution in [0.15, 0.2) is 18.2 Å². The van der Waals surface area contributed by atoms with Gasteiger partial charge in [-0.15, -0.1) is 5.10 Å². The summed E-state index contributed by atoms with van der Waals surface area (Å²) in [4.78, 5) is 25.5. The molecule has 1 unspecified atom stereocenters. The van der Waals surface area contributed by atoms with Gasteiger partial charge in [0.1, 0.15) is 11.6 Å². The Balaban J connectivity index is 1.75. The van der Waals surface area contributed by atoms with Crippen LogP contribution in [0.25, 0.3) is 11.4 Å². The molecule has 0 spiro atoms. The Morgan fingerprint density at radius 3 is 2.81 bits per heavy atom. The van der Waals surface area contributed by atoms with Crippen LogP contribution >= 0.6 is 0 Å². The second-order valence-electron chi connectivity index (χ2n) is 6.73. The quantitative estimate of drug-likeness (QED) is 0.908. The lowest BCUT2D eigenvalue weighted by atomic mass is 9.99. The molecule has 2 aromatic rings. The number of nitrogens with zero attached hydrogens (tertiary/aromatic N) is 5. The molecule has 2 amide bonds. The Labute approximate surface area is 150 Å². The molecule has 0 aliphatic carbocycles. The van der Waals surface area contributed by atoms with Crippen LogP contribution in [0.1, 0.15) is 33.2 Å². The Bertz CT molecular complexity index is 834. The smallest absolute Gasteiger partial charge is 0.321 e. The number of halogens is 1. The van der Waals surface area contributed by atoms with E-state index in [9.17, 15) is 14.0 Å². The van der Waals surface area contributed by atoms with Crippen molar-refractivity contribution in [3.8, 4) is 11.4 Å². The average molecular weight is 360 g/mol. The van der Waals surface area contributed by atoms with Gasteiger partial charge < -0.3 is 10.2 Å². The van der Waals surface area contributed by atoms with Gasteiger partial charge in [-0.05, 0) is 42.5 Å². The molecule has 0 radical (unpaired) electrons. The third kappa shape index (κ3) is 3.56. The molecule has 2 heterocycles. The van der Waals surface area contributed by atoms with E-state index in [1.165, 1.54) is 16.8 Å². The topological polar surface area (TPSA) is 93.0 Å². The van der Waals surface area contributed by atoms with Gasteiger partial charge in [-0.2, -0.15) is 0 Å². The standard InChI is InChI=1S/C17H21FN6O2/c1-10(2)24-16(20-21-22-24)13-5-4-12(8-14(13)18)19-17(26)23-7-6-15(25)11(3)9-23/h4-5,8,10-11H,6-7,9H2,1-3H3,(H,19,26). The van der Waals surface area contributed by atoms with Crippen LogP contribution in [0.3, 0.4) is 0 Å². The summed E-state index contributed by atoms with van der Waals surface area (Å²) in [5.74, 6) is -0.212. The summed E-state index contributed by atoms with van der Waals surface area (Å²) in [6.45, 7) is 6.34. The van der Waals surface area contributed by atoms with E-state index < -0.39 is 5.82 Å². The highest BCUT2D eigenvalue weighted by atomic mass is 19.1. The van der Waals surface area contributed by atoms with Gasteiger partial charge in [0.2, 0.25) is 0 Å². The van der Waals surface area contributed by atoms with Crippen molar-refractivity contribution in [3.05, 3.63) is 24.0 Å². The first-order chi connectivity index (χ1) is 12.4. The number of carbonyl (C=O) groups excluding carboxylic acids is 2. The van der Waals surface area contributed by atoms with Gasteiger partial charge in [0, 0.05) is 31.1 Å². The molecule has 0 saturated carbocycles. The zero-order valence-corrected chi connectivity index (χ0v) is 14.9. The Morgan fingerprint density at radius 2 is 2.15 bits per heavy atom. The number of rotatable bonds is 3. The number of Topliss-reactive ketones (excluding diaryl/α,β-unsaturated/α-hetero) is 1. The number of urea groups is 1. The molecule has 1 aromatic carbocycles. The largest absolute Gasteiger partial charge is 0.323 e. The molecule has 9 heteroatoms. The minimum atomic E-state index is -0.526. The van der Waals surface area contributed by atoms with Gasteiger partial charge >= 0.3 is 6.03 Å². The molecular formula is C17H21FN6O2. The maximum absolute atomic E-state index is 14.5. The molecule has 1 atom stereocenters. The molecule has 1 fully saturated rings. The Hall–Kier alpha value is -2.84. The molecule has 1 aliphatic rings. The molecular weight excluding hydrogens is 339 g/mol. The lowest BCUT2D eigenvalue weighted by Crippen LogP contribution is -2.45. The molecule has 26 heavy (non-hydrogen) atoms. The zero-order valence-electron chi connectivity index (χ0n) is 14.9. The molecule has 1 saturated heterocycles. The minimum Gasteiger partial charge on any atom is -0.323 e. The lowest BCUT2D eigenvalue weighted by Gasteiger charge is -2.30. The van der Waals surface area contributed by atoms with Crippen LogP contribution in [0.5, 0.6) is 0 Å². The van der Waals surface area contributed by atoms with Gasteiger partial charge in [0.05, 0.1) is 11.6 Å². The first kappa shape index (κ1) is 18.0. The number of hydrogen-bond donors (Lipinski definition) is 1. The number of likely N-dealkylation sites (tertiary alicyclic amines) is 1. The van der Waals surface area contributed by atoms with Crippen molar-refractivity contribution >= 4 is 17.5 Å². The fraction of sp³-hybridized carbons (Fsp3) is 0.471. The normalized spacial score (nSPS) is 17.7. The number of amides is 2. The summed E-state index contributed by atoms with van der Waals surface area (Å²) in [6.07, 6.45) is 0.347. The number of ketones is 1. The molecule has 1 aromatic heterocycles. The van der Waals surface area contributed by atoms with E-state index in [0.29, 0.717) is 31.0 Å². The van der Waals surface area contributed by atoms with E-state index in [-0.39, 0.29) is 29.3 Å². The minimum absolute atomic E-state index is 0.0115. The second-order valence-corrected chi connectivity index (χ2v) is 6.73. The van der Waals surface area contributed by atoms with E-state index in [0.717, 1.165) is 0 Å². The summed E-state index contributed by atoms with van der Waals surface area (Å²) >= 11 is 0. The summed E-state index contributed by atoms with van der Waals surface area (Å²) in [5, 5.41) is 14.0. The van der Waals surface area contributed by atoms with Crippen molar-refractivity contribution in [1.29, 1.82) is 0 Å². The van der Waals surface area contributed by atoms with Crippen molar-refractivity contribution in [2.45, 2.75) is 33.2 Å². The number of anilines is 1. The number of tetrazole rings is 1. The van der Waals surface area contributed by atoms with Gasteiger partial charge in [-0.3, -0.25) is 4.79 Å². The van der Waals surface area contributed by atoms with Gasteiger partial charge in [-0.25, -0.2) is 13.9 Å². The third-order valence-electron chi connectivity index (χ3n) is 4.40. The number of piperidine rings is 1. The van der Waals surface area contributed by atoms with E-state index >= 15 is 0 Å². The Morgan fingerprint density at radius 1 is 1.38 bits per heavy atom. The average Bonchev–Trinajstić information content (AvgIpc) is 3.07. The van der Waals surface area contributed by atoms with Crippen LogP contribution in [0.4, 0.5) is 14.9 Å². The van der Waals surface area contributed by atoms with E-state index in [4.69, 9.17) is 0 Å². The van der Waals surface area contributed by atoms with Gasteiger partial charge in [0.25, 0.3) is 0 Å². The maximum atomic E-state index is 14.5. The van der Waals surface area contributed by atoms with Gasteiger partial charge in [-0.1, -0.05) is 6.92 Å². The first-order valence-electron chi connectivity index (χ1n) is 8.53. The molecule has 138 valence electrons. The number of carbonyl (C=O) groups is 2. The van der Waals surface area contributed by atoms with E-state index in [1.54, 1.807) is 17.9 Å². The molecule has 8 nitrogen and oxygen atoms in total. The molecule has 1 N–H and O–H groups in total. The highest BCUT2D eigenvalue weighted by Gasteiger charge is 2.26. The van der Waals surface area contributed by atoms with E-state index in [2.05, 4.69) is 20.8 Å². The number of aromatic nitrogens is 4. The first-order valence-corrected chi connectivity index (χ1v) is 8.53. The summed E-state index contributed by atoms with van der Waals surface area (Å²) in [7, 11) is 0. The predicted octanol–water partition coefficient (Wildman–Crippen LogP) is 2.50. The van der Waals surface area contributed by atoms with Crippen molar-refractivity contribution in [3.63, 3.8) is 0 Å². The fourth-order valence-electron chi connectivity index (χ4n) is 2.90. The predicted molar refractivity (Wildman–Crippen MR) is 93.0 cm³/mol. The van der Waals surface area contributed by atoms with Crippen molar-refractivity contribution in [2.24, 2.45) is 5.92 Å². The SMILES string of the molecule is CC1CN(C(=O)Nc2ccc(-c3nnnn3C(C)C)c(F)c2)CCC1=O. The highest BCUT2D eigenvalue weighted by Crippen LogP contribution is 2.25. The van der Waals surface area contributed by atoms with Crippen molar-refractivity contribution in [1.82, 2.24) is 25.1 Å². The number of hydrogen-bond acceptors (Lipinski definition) is 5.